The molecule has 0 saturated heterocycles. The fourth-order valence-corrected chi connectivity index (χ4v) is 2.15. The van der Waals surface area contributed by atoms with E-state index in [2.05, 4.69) is 14.8 Å². The number of hydrogen-bond donors (Lipinski definition) is 1. The number of hydrogen-bond acceptors (Lipinski definition) is 4. The van der Waals surface area contributed by atoms with Crippen molar-refractivity contribution in [2.75, 3.05) is 6.26 Å². The second-order valence-electron chi connectivity index (χ2n) is 3.89. The number of nitrogens with two attached hydrogens (primary N) is 1. The Balaban J connectivity index is 2.25. The Labute approximate surface area is 88.3 Å². The molecule has 1 aromatic rings. The lowest BCUT2D eigenvalue weighted by Gasteiger charge is -2.08. The summed E-state index contributed by atoms with van der Waals surface area (Å²) in [5.41, 5.74) is 5.78. The third-order valence-corrected chi connectivity index (χ3v) is 2.98. The molecule has 0 spiro atoms. The maximum Gasteiger partial charge on any atom is 0.191 e. The van der Waals surface area contributed by atoms with Crippen molar-refractivity contribution in [1.82, 2.24) is 14.8 Å². The molecule has 1 saturated carbocycles. The van der Waals surface area contributed by atoms with Crippen molar-refractivity contribution < 1.29 is 0 Å². The monoisotopic (exact) mass is 212 g/mol. The number of nitrogens with zero attached hydrogens (tertiary/aromatic N) is 3. The van der Waals surface area contributed by atoms with Crippen molar-refractivity contribution in [2.45, 2.75) is 43.4 Å². The van der Waals surface area contributed by atoms with Crippen molar-refractivity contribution in [2.24, 2.45) is 5.73 Å². The van der Waals surface area contributed by atoms with E-state index in [1.54, 1.807) is 11.8 Å². The third kappa shape index (κ3) is 1.93. The van der Waals surface area contributed by atoms with Crippen LogP contribution in [0.4, 0.5) is 0 Å². The first kappa shape index (κ1) is 9.98. The van der Waals surface area contributed by atoms with Crippen molar-refractivity contribution in [3.63, 3.8) is 0 Å². The van der Waals surface area contributed by atoms with Gasteiger partial charge in [0.05, 0.1) is 0 Å². The quantitative estimate of drug-likeness (QED) is 0.763. The van der Waals surface area contributed by atoms with Gasteiger partial charge in [-0.25, -0.2) is 0 Å². The summed E-state index contributed by atoms with van der Waals surface area (Å²) in [5, 5.41) is 9.40. The highest BCUT2D eigenvalue weighted by atomic mass is 32.2. The van der Waals surface area contributed by atoms with E-state index < -0.39 is 0 Å². The molecule has 2 N–H and O–H groups in total. The van der Waals surface area contributed by atoms with Crippen LogP contribution < -0.4 is 5.73 Å². The Morgan fingerprint density at radius 2 is 2.29 bits per heavy atom. The van der Waals surface area contributed by atoms with Crippen LogP contribution >= 0.6 is 11.8 Å². The largest absolute Gasteiger partial charge is 0.328 e. The van der Waals surface area contributed by atoms with E-state index in [0.717, 1.165) is 17.4 Å². The third-order valence-electron chi connectivity index (χ3n) is 2.33. The van der Waals surface area contributed by atoms with Crippen molar-refractivity contribution >= 4 is 11.8 Å². The molecule has 4 nitrogen and oxygen atoms in total. The highest BCUT2D eigenvalue weighted by Crippen LogP contribution is 2.38. The molecule has 1 fully saturated rings. The zero-order valence-electron chi connectivity index (χ0n) is 8.60. The summed E-state index contributed by atoms with van der Waals surface area (Å²) >= 11 is 1.66. The van der Waals surface area contributed by atoms with Gasteiger partial charge in [-0.2, -0.15) is 0 Å². The van der Waals surface area contributed by atoms with Crippen LogP contribution in [0.3, 0.4) is 0 Å². The molecular formula is C9H16N4S. The summed E-state index contributed by atoms with van der Waals surface area (Å²) in [6.07, 6.45) is 5.39. The fourth-order valence-electron chi connectivity index (χ4n) is 1.57. The van der Waals surface area contributed by atoms with Crippen LogP contribution in [0.1, 0.15) is 31.6 Å². The predicted molar refractivity (Wildman–Crippen MR) is 57.4 cm³/mol. The maximum atomic E-state index is 5.78. The van der Waals surface area contributed by atoms with Crippen LogP contribution in [-0.2, 0) is 6.42 Å². The fraction of sp³-hybridized carbons (Fsp3) is 0.778. The average Bonchev–Trinajstić information content (AvgIpc) is 2.88. The van der Waals surface area contributed by atoms with E-state index in [1.165, 1.54) is 12.8 Å². The Morgan fingerprint density at radius 3 is 2.79 bits per heavy atom. The van der Waals surface area contributed by atoms with Crippen LogP contribution in [-0.4, -0.2) is 27.1 Å². The summed E-state index contributed by atoms with van der Waals surface area (Å²) in [6.45, 7) is 2.00. The molecule has 0 bridgehead atoms. The topological polar surface area (TPSA) is 56.7 Å². The van der Waals surface area contributed by atoms with Crippen LogP contribution in [0.2, 0.25) is 0 Å². The van der Waals surface area contributed by atoms with E-state index >= 15 is 0 Å². The van der Waals surface area contributed by atoms with Gasteiger partial charge in [-0.05, 0) is 26.0 Å². The Hall–Kier alpha value is -0.550. The van der Waals surface area contributed by atoms with Crippen LogP contribution in [0, 0.1) is 0 Å². The lowest BCUT2D eigenvalue weighted by molar-refractivity contribution is 0.596. The molecule has 1 atom stereocenters. The van der Waals surface area contributed by atoms with Gasteiger partial charge in [0.1, 0.15) is 5.82 Å². The van der Waals surface area contributed by atoms with Crippen molar-refractivity contribution in [3.05, 3.63) is 5.82 Å². The first-order chi connectivity index (χ1) is 6.72. The molecule has 1 aliphatic rings. The lowest BCUT2D eigenvalue weighted by Crippen LogP contribution is -2.20. The first-order valence-electron chi connectivity index (χ1n) is 4.95. The number of rotatable bonds is 4. The van der Waals surface area contributed by atoms with Gasteiger partial charge in [-0.15, -0.1) is 10.2 Å². The van der Waals surface area contributed by atoms with Gasteiger partial charge >= 0.3 is 0 Å². The average molecular weight is 212 g/mol. The molecule has 5 heteroatoms. The zero-order valence-corrected chi connectivity index (χ0v) is 9.42. The maximum absolute atomic E-state index is 5.78. The first-order valence-corrected chi connectivity index (χ1v) is 6.18. The minimum absolute atomic E-state index is 0.159. The Morgan fingerprint density at radius 1 is 1.57 bits per heavy atom. The summed E-state index contributed by atoms with van der Waals surface area (Å²) in [4.78, 5) is 0. The predicted octanol–water partition coefficient (Wildman–Crippen LogP) is 1.22. The lowest BCUT2D eigenvalue weighted by atomic mass is 10.2. The molecule has 2 rings (SSSR count). The van der Waals surface area contributed by atoms with Gasteiger partial charge in [0.25, 0.3) is 0 Å². The van der Waals surface area contributed by atoms with Gasteiger partial charge in [-0.1, -0.05) is 11.8 Å². The molecule has 1 aliphatic carbocycles. The second-order valence-corrected chi connectivity index (χ2v) is 4.66. The summed E-state index contributed by atoms with van der Waals surface area (Å²) in [5.74, 6) is 1.05. The molecule has 78 valence electrons. The van der Waals surface area contributed by atoms with Crippen LogP contribution in [0.25, 0.3) is 0 Å². The van der Waals surface area contributed by atoms with Gasteiger partial charge in [-0.3, -0.25) is 0 Å². The van der Waals surface area contributed by atoms with E-state index in [0.29, 0.717) is 6.04 Å². The minimum Gasteiger partial charge on any atom is -0.328 e. The minimum atomic E-state index is 0.159. The molecule has 1 unspecified atom stereocenters. The standard InChI is InChI=1S/C9H16N4S/c1-6(10)5-8-11-12-9(14-2)13(8)7-3-4-7/h6-7H,3-5,10H2,1-2H3. The molecule has 0 aliphatic heterocycles. The van der Waals surface area contributed by atoms with Crippen molar-refractivity contribution in [3.8, 4) is 0 Å². The highest BCUT2D eigenvalue weighted by molar-refractivity contribution is 7.98. The molecule has 0 aromatic carbocycles. The van der Waals surface area contributed by atoms with Crippen molar-refractivity contribution in [1.29, 1.82) is 0 Å². The zero-order chi connectivity index (χ0) is 10.1. The molecule has 1 heterocycles. The smallest absolute Gasteiger partial charge is 0.191 e. The molecule has 0 amide bonds. The SMILES string of the molecule is CSc1nnc(CC(C)N)n1C1CC1. The molecular weight excluding hydrogens is 196 g/mol. The van der Waals surface area contributed by atoms with E-state index in [4.69, 9.17) is 5.73 Å². The van der Waals surface area contributed by atoms with Gasteiger partial charge < -0.3 is 10.3 Å². The number of aromatic nitrogens is 3. The van der Waals surface area contributed by atoms with Gasteiger partial charge in [0.15, 0.2) is 5.16 Å². The van der Waals surface area contributed by atoms with E-state index in [1.807, 2.05) is 13.2 Å². The highest BCUT2D eigenvalue weighted by Gasteiger charge is 2.29. The molecule has 0 radical (unpaired) electrons. The Bertz CT molecular complexity index is 317. The molecule has 1 aromatic heterocycles. The van der Waals surface area contributed by atoms with Gasteiger partial charge in [0.2, 0.25) is 0 Å². The van der Waals surface area contributed by atoms with Crippen LogP contribution in [0.5, 0.6) is 0 Å². The molecule has 14 heavy (non-hydrogen) atoms. The summed E-state index contributed by atoms with van der Waals surface area (Å²) in [6, 6.07) is 0.799. The second kappa shape index (κ2) is 3.90. The number of thioether (sulfide) groups is 1. The summed E-state index contributed by atoms with van der Waals surface area (Å²) in [7, 11) is 0. The Kier molecular flexibility index (Phi) is 2.78. The normalized spacial score (nSPS) is 18.5. The van der Waals surface area contributed by atoms with E-state index in [-0.39, 0.29) is 6.04 Å². The van der Waals surface area contributed by atoms with Crippen LogP contribution in [0.15, 0.2) is 5.16 Å². The summed E-state index contributed by atoms with van der Waals surface area (Å²) < 4.78 is 2.26. The van der Waals surface area contributed by atoms with E-state index in [9.17, 15) is 0 Å². The van der Waals surface area contributed by atoms with Gasteiger partial charge in [0, 0.05) is 18.5 Å².